The number of carbonyl (C=O) groups excluding carboxylic acids is 1. The SMILES string of the molecule is CN(Cc1ccccc1)C(=O)[C@H]1C[C@@]23CC[C@]1(O)[C@@H]1Oc4c(O)ccc5c4[C@@]12CCN(CC1CC1)[C@@H]3C5. The van der Waals surface area contributed by atoms with Crippen molar-refractivity contribution in [2.24, 2.45) is 17.3 Å². The number of nitrogens with zero attached hydrogens (tertiary/aromatic N) is 2. The molecule has 5 aliphatic carbocycles. The largest absolute Gasteiger partial charge is 0.504 e. The number of ether oxygens (including phenoxy) is 1. The van der Waals surface area contributed by atoms with Gasteiger partial charge in [-0.05, 0) is 74.6 Å². The minimum absolute atomic E-state index is 0.0154. The van der Waals surface area contributed by atoms with E-state index in [1.54, 1.807) is 11.0 Å². The molecule has 7 aliphatic rings. The Morgan fingerprint density at radius 2 is 1.95 bits per heavy atom. The maximum atomic E-state index is 14.1. The molecule has 2 aromatic carbocycles. The predicted octanol–water partition coefficient (Wildman–Crippen LogP) is 3.62. The number of rotatable bonds is 5. The average molecular weight is 501 g/mol. The van der Waals surface area contributed by atoms with Gasteiger partial charge in [-0.25, -0.2) is 0 Å². The molecule has 6 atom stereocenters. The first-order valence-electron chi connectivity index (χ1n) is 14.1. The zero-order chi connectivity index (χ0) is 25.2. The Hall–Kier alpha value is -2.57. The summed E-state index contributed by atoms with van der Waals surface area (Å²) in [6, 6.07) is 14.3. The average Bonchev–Trinajstić information content (AvgIpc) is 3.64. The highest BCUT2D eigenvalue weighted by Gasteiger charge is 2.81. The topological polar surface area (TPSA) is 73.2 Å². The first-order chi connectivity index (χ1) is 17.9. The van der Waals surface area contributed by atoms with Crippen LogP contribution < -0.4 is 4.74 Å². The summed E-state index contributed by atoms with van der Waals surface area (Å²) in [6.45, 7) is 2.67. The monoisotopic (exact) mass is 500 g/mol. The van der Waals surface area contributed by atoms with Crippen LogP contribution in [-0.2, 0) is 23.2 Å². The van der Waals surface area contributed by atoms with Gasteiger partial charge in [0.2, 0.25) is 5.91 Å². The van der Waals surface area contributed by atoms with E-state index in [-0.39, 0.29) is 22.5 Å². The fourth-order valence-corrected chi connectivity index (χ4v) is 9.55. The standard InChI is InChI=1S/C31H36N2O4/c1-32(17-19-5-3-2-4-6-19)27(35)22-16-29-11-12-31(22,36)28-30(29)13-14-33(18-20-7-8-20)24(29)15-21-9-10-23(34)26(37-28)25(21)30/h2-6,9-10,20,22,24,28,34,36H,7-8,11-18H2,1H3/t22-,24-,28-,29-,30+,31-/m1/s1. The molecule has 0 unspecified atom stereocenters. The molecule has 2 heterocycles. The third-order valence-electron chi connectivity index (χ3n) is 11.3. The van der Waals surface area contributed by atoms with Crippen molar-refractivity contribution >= 4 is 5.91 Å². The van der Waals surface area contributed by atoms with E-state index in [9.17, 15) is 15.0 Å². The number of likely N-dealkylation sites (tertiary alicyclic amines) is 1. The summed E-state index contributed by atoms with van der Waals surface area (Å²) in [7, 11) is 1.86. The third kappa shape index (κ3) is 2.71. The van der Waals surface area contributed by atoms with Crippen molar-refractivity contribution < 1.29 is 19.7 Å². The fourth-order valence-electron chi connectivity index (χ4n) is 9.55. The summed E-state index contributed by atoms with van der Waals surface area (Å²) in [5, 5.41) is 23.4. The molecule has 0 aromatic heterocycles. The van der Waals surface area contributed by atoms with Gasteiger partial charge in [-0.1, -0.05) is 36.4 Å². The van der Waals surface area contributed by atoms with E-state index in [0.29, 0.717) is 31.2 Å². The second-order valence-electron chi connectivity index (χ2n) is 12.9. The number of phenolic OH excluding ortho intramolecular Hbond substituents is 1. The lowest BCUT2D eigenvalue weighted by atomic mass is 9.34. The Balaban J connectivity index is 1.24. The number of phenols is 1. The van der Waals surface area contributed by atoms with Crippen LogP contribution >= 0.6 is 0 Å². The number of piperidine rings is 1. The van der Waals surface area contributed by atoms with Crippen molar-refractivity contribution in [1.29, 1.82) is 0 Å². The summed E-state index contributed by atoms with van der Waals surface area (Å²) >= 11 is 0. The molecule has 0 radical (unpaired) electrons. The normalized spacial score (nSPS) is 38.7. The number of amides is 1. The minimum Gasteiger partial charge on any atom is -0.504 e. The van der Waals surface area contributed by atoms with Crippen molar-refractivity contribution in [3.63, 3.8) is 0 Å². The molecule has 1 amide bonds. The van der Waals surface area contributed by atoms with E-state index < -0.39 is 17.6 Å². The zero-order valence-corrected chi connectivity index (χ0v) is 21.5. The number of hydrogen-bond acceptors (Lipinski definition) is 5. The van der Waals surface area contributed by atoms with Crippen LogP contribution in [0.15, 0.2) is 42.5 Å². The summed E-state index contributed by atoms with van der Waals surface area (Å²) in [4.78, 5) is 18.7. The van der Waals surface area contributed by atoms with Crippen molar-refractivity contribution in [3.05, 3.63) is 59.2 Å². The Labute approximate surface area is 218 Å². The molecule has 2 aliphatic heterocycles. The van der Waals surface area contributed by atoms with Gasteiger partial charge in [-0.15, -0.1) is 0 Å². The Morgan fingerprint density at radius 1 is 1.14 bits per heavy atom. The van der Waals surface area contributed by atoms with Crippen molar-refractivity contribution in [2.75, 3.05) is 20.1 Å². The summed E-state index contributed by atoms with van der Waals surface area (Å²) < 4.78 is 6.66. The smallest absolute Gasteiger partial charge is 0.228 e. The molecule has 1 saturated heterocycles. The number of carbonyl (C=O) groups is 1. The third-order valence-corrected chi connectivity index (χ3v) is 11.3. The molecule has 9 rings (SSSR count). The fraction of sp³-hybridized carbons (Fsp3) is 0.581. The number of benzene rings is 2. The molecule has 37 heavy (non-hydrogen) atoms. The number of hydrogen-bond donors (Lipinski definition) is 2. The second-order valence-corrected chi connectivity index (χ2v) is 12.9. The van der Waals surface area contributed by atoms with E-state index in [2.05, 4.69) is 11.0 Å². The lowest BCUT2D eigenvalue weighted by Crippen LogP contribution is -2.81. The van der Waals surface area contributed by atoms with E-state index in [1.165, 1.54) is 18.4 Å². The second kappa shape index (κ2) is 7.29. The lowest BCUT2D eigenvalue weighted by Gasteiger charge is -2.73. The first kappa shape index (κ1) is 22.4. The molecule has 6 nitrogen and oxygen atoms in total. The zero-order valence-electron chi connectivity index (χ0n) is 21.5. The van der Waals surface area contributed by atoms with Gasteiger partial charge in [0.1, 0.15) is 11.7 Å². The summed E-state index contributed by atoms with van der Waals surface area (Å²) in [5.74, 6) is 1.06. The van der Waals surface area contributed by atoms with Crippen LogP contribution in [0, 0.1) is 17.3 Å². The minimum atomic E-state index is -1.24. The summed E-state index contributed by atoms with van der Waals surface area (Å²) in [6.07, 6.45) is 6.21. The number of aliphatic hydroxyl groups is 1. The van der Waals surface area contributed by atoms with E-state index in [0.717, 1.165) is 49.4 Å². The maximum Gasteiger partial charge on any atom is 0.228 e. The van der Waals surface area contributed by atoms with Gasteiger partial charge < -0.3 is 19.8 Å². The molecular formula is C31H36N2O4. The molecule has 2 N–H and O–H groups in total. The van der Waals surface area contributed by atoms with Crippen molar-refractivity contribution in [2.45, 2.75) is 74.7 Å². The maximum absolute atomic E-state index is 14.1. The van der Waals surface area contributed by atoms with Crippen LogP contribution in [0.2, 0.25) is 0 Å². The van der Waals surface area contributed by atoms with Gasteiger partial charge >= 0.3 is 0 Å². The van der Waals surface area contributed by atoms with Crippen LogP contribution in [0.5, 0.6) is 11.5 Å². The Kier molecular flexibility index (Phi) is 4.42. The highest BCUT2D eigenvalue weighted by molar-refractivity contribution is 5.81. The number of fused-ring (bicyclic) bond motifs is 2. The van der Waals surface area contributed by atoms with Crippen molar-refractivity contribution in [3.8, 4) is 11.5 Å². The first-order valence-corrected chi connectivity index (χ1v) is 14.1. The van der Waals surface area contributed by atoms with Crippen LogP contribution in [-0.4, -0.2) is 63.8 Å². The molecule has 2 aromatic rings. The van der Waals surface area contributed by atoms with E-state index in [4.69, 9.17) is 4.74 Å². The lowest BCUT2D eigenvalue weighted by molar-refractivity contribution is -0.266. The molecule has 4 bridgehead atoms. The predicted molar refractivity (Wildman–Crippen MR) is 138 cm³/mol. The van der Waals surface area contributed by atoms with Crippen molar-refractivity contribution in [1.82, 2.24) is 9.80 Å². The van der Waals surface area contributed by atoms with Gasteiger partial charge in [-0.2, -0.15) is 0 Å². The molecular weight excluding hydrogens is 464 g/mol. The van der Waals surface area contributed by atoms with Crippen LogP contribution in [0.3, 0.4) is 0 Å². The Morgan fingerprint density at radius 3 is 2.73 bits per heavy atom. The summed E-state index contributed by atoms with van der Waals surface area (Å²) in [5.41, 5.74) is 1.81. The molecule has 4 saturated carbocycles. The van der Waals surface area contributed by atoms with Gasteiger partial charge in [0, 0.05) is 42.6 Å². The quantitative estimate of drug-likeness (QED) is 0.656. The molecule has 2 spiro atoms. The Bertz CT molecular complexity index is 1290. The van der Waals surface area contributed by atoms with E-state index >= 15 is 0 Å². The molecule has 5 fully saturated rings. The molecule has 6 heteroatoms. The van der Waals surface area contributed by atoms with Gasteiger partial charge in [0.25, 0.3) is 0 Å². The van der Waals surface area contributed by atoms with Crippen LogP contribution in [0.1, 0.15) is 55.2 Å². The van der Waals surface area contributed by atoms with Crippen LogP contribution in [0.4, 0.5) is 0 Å². The highest BCUT2D eigenvalue weighted by atomic mass is 16.5. The molecule has 194 valence electrons. The van der Waals surface area contributed by atoms with E-state index in [1.807, 2.05) is 37.4 Å². The van der Waals surface area contributed by atoms with Crippen LogP contribution in [0.25, 0.3) is 0 Å². The van der Waals surface area contributed by atoms with Gasteiger partial charge in [0.15, 0.2) is 11.5 Å². The van der Waals surface area contributed by atoms with Gasteiger partial charge in [0.05, 0.1) is 5.92 Å². The number of aromatic hydroxyl groups is 1. The highest BCUT2D eigenvalue weighted by Crippen LogP contribution is 2.76. The van der Waals surface area contributed by atoms with Gasteiger partial charge in [-0.3, -0.25) is 9.69 Å².